The van der Waals surface area contributed by atoms with E-state index in [0.29, 0.717) is 36.3 Å². The van der Waals surface area contributed by atoms with Gasteiger partial charge in [0, 0.05) is 57.7 Å². The minimum Gasteiger partial charge on any atom is -0.294 e. The number of likely N-dealkylation sites (N-methyl/N-ethyl adjacent to an activating group) is 1. The predicted molar refractivity (Wildman–Crippen MR) is 179 cm³/mol. The van der Waals surface area contributed by atoms with Gasteiger partial charge in [0.1, 0.15) is 0 Å². The predicted octanol–water partition coefficient (Wildman–Crippen LogP) is 7.21. The van der Waals surface area contributed by atoms with Crippen molar-refractivity contribution in [1.29, 1.82) is 0 Å². The van der Waals surface area contributed by atoms with Gasteiger partial charge in [-0.2, -0.15) is 0 Å². The van der Waals surface area contributed by atoms with Crippen molar-refractivity contribution in [2.75, 3.05) is 26.7 Å². The van der Waals surface area contributed by atoms with Gasteiger partial charge < -0.3 is 0 Å². The van der Waals surface area contributed by atoms with Gasteiger partial charge >= 0.3 is 0 Å². The van der Waals surface area contributed by atoms with E-state index in [0.717, 1.165) is 25.6 Å². The monoisotopic (exact) mass is 708 g/mol. The fourth-order valence-corrected chi connectivity index (χ4v) is 8.35. The standard InChI is InChI=1S/C37H30Br2N2O3/c1-40-22-32(26-13-17-29(39)18-14-26)36(37(40)34(43)30-9-5-6-10-31(30)35(37)44)23-41(20-25-7-3-2-4-8-25)21-27(33(36)42)19-24-11-15-28(38)16-12-24/h2-19,32H,20-23H2,1H3/b27-19+/t32-,36+/m1/s1. The Morgan fingerprint density at radius 2 is 1.32 bits per heavy atom. The first kappa shape index (κ1) is 29.2. The summed E-state index contributed by atoms with van der Waals surface area (Å²) in [5.41, 5.74) is 1.29. The highest BCUT2D eigenvalue weighted by atomic mass is 79.9. The SMILES string of the molecule is CN1C[C@H](c2ccc(Br)cc2)[C@]2(CN(Cc3ccccc3)C/C(=C\c3ccc(Br)cc3)C2=O)C12C(=O)c1ccccc1C2=O. The van der Waals surface area contributed by atoms with E-state index in [1.54, 1.807) is 24.3 Å². The number of nitrogens with zero attached hydrogens (tertiary/aromatic N) is 2. The number of rotatable bonds is 4. The van der Waals surface area contributed by atoms with E-state index in [2.05, 4.69) is 48.9 Å². The Bertz CT molecular complexity index is 1780. The van der Waals surface area contributed by atoms with Crippen molar-refractivity contribution in [2.24, 2.45) is 5.41 Å². The van der Waals surface area contributed by atoms with Crippen LogP contribution in [0.15, 0.2) is 118 Å². The number of ketones is 3. The molecule has 1 aliphatic carbocycles. The highest BCUT2D eigenvalue weighted by molar-refractivity contribution is 9.10. The Hall–Kier alpha value is -3.49. The van der Waals surface area contributed by atoms with Gasteiger partial charge in [-0.3, -0.25) is 24.2 Å². The molecule has 0 radical (unpaired) electrons. The normalized spacial score (nSPS) is 24.1. The Morgan fingerprint density at radius 1 is 0.750 bits per heavy atom. The molecule has 2 atom stereocenters. The van der Waals surface area contributed by atoms with E-state index in [1.165, 1.54) is 0 Å². The Morgan fingerprint density at radius 3 is 1.93 bits per heavy atom. The van der Waals surface area contributed by atoms with E-state index in [9.17, 15) is 9.59 Å². The van der Waals surface area contributed by atoms with Crippen LogP contribution in [0.3, 0.4) is 0 Å². The van der Waals surface area contributed by atoms with Crippen LogP contribution in [0.5, 0.6) is 0 Å². The smallest absolute Gasteiger partial charge is 0.192 e. The first-order valence-corrected chi connectivity index (χ1v) is 16.3. The Balaban J connectivity index is 1.48. The molecular formula is C37H30Br2N2O3. The zero-order chi connectivity index (χ0) is 30.6. The maximum absolute atomic E-state index is 15.4. The average Bonchev–Trinajstić information content (AvgIpc) is 3.42. The number of hydrogen-bond acceptors (Lipinski definition) is 5. The van der Waals surface area contributed by atoms with Crippen molar-refractivity contribution in [1.82, 2.24) is 9.80 Å². The summed E-state index contributed by atoms with van der Waals surface area (Å²) in [4.78, 5) is 49.1. The second-order valence-corrected chi connectivity index (χ2v) is 13.9. The molecule has 0 N–H and O–H groups in total. The van der Waals surface area contributed by atoms with Crippen LogP contribution in [0.2, 0.25) is 0 Å². The van der Waals surface area contributed by atoms with Gasteiger partial charge in [0.2, 0.25) is 0 Å². The highest BCUT2D eigenvalue weighted by Crippen LogP contribution is 2.61. The van der Waals surface area contributed by atoms with Crippen LogP contribution in [0.4, 0.5) is 0 Å². The van der Waals surface area contributed by atoms with E-state index in [1.807, 2.05) is 84.8 Å². The Kier molecular flexibility index (Phi) is 7.40. The molecule has 7 heteroatoms. The number of hydrogen-bond donors (Lipinski definition) is 0. The maximum atomic E-state index is 15.4. The summed E-state index contributed by atoms with van der Waals surface area (Å²) in [5.74, 6) is -1.09. The molecule has 2 saturated heterocycles. The fraction of sp³-hybridized carbons (Fsp3) is 0.216. The molecule has 2 heterocycles. The van der Waals surface area contributed by atoms with Gasteiger partial charge in [0.25, 0.3) is 0 Å². The topological polar surface area (TPSA) is 57.7 Å². The van der Waals surface area contributed by atoms with E-state index < -0.39 is 16.9 Å². The molecule has 44 heavy (non-hydrogen) atoms. The molecule has 0 unspecified atom stereocenters. The van der Waals surface area contributed by atoms with Crippen molar-refractivity contribution < 1.29 is 14.4 Å². The number of Topliss-reactive ketones (excluding diaryl/α,β-unsaturated/α-hetero) is 3. The van der Waals surface area contributed by atoms with Gasteiger partial charge in [-0.25, -0.2) is 0 Å². The third-order valence-corrected chi connectivity index (χ3v) is 10.7. The summed E-state index contributed by atoms with van der Waals surface area (Å²) >= 11 is 7.07. The number of carbonyl (C=O) groups excluding carboxylic acids is 3. The largest absolute Gasteiger partial charge is 0.294 e. The summed E-state index contributed by atoms with van der Waals surface area (Å²) in [6.07, 6.45) is 1.94. The summed E-state index contributed by atoms with van der Waals surface area (Å²) < 4.78 is 1.87. The number of likely N-dealkylation sites (tertiary alicyclic amines) is 2. The van der Waals surface area contributed by atoms with Crippen LogP contribution >= 0.6 is 31.9 Å². The van der Waals surface area contributed by atoms with Gasteiger partial charge in [0.15, 0.2) is 22.9 Å². The number of fused-ring (bicyclic) bond motifs is 2. The van der Waals surface area contributed by atoms with Crippen molar-refractivity contribution in [3.8, 4) is 0 Å². The molecule has 220 valence electrons. The molecule has 2 aliphatic heterocycles. The maximum Gasteiger partial charge on any atom is 0.192 e. The van der Waals surface area contributed by atoms with Gasteiger partial charge in [-0.1, -0.05) is 111 Å². The number of carbonyl (C=O) groups is 3. The lowest BCUT2D eigenvalue weighted by atomic mass is 9.56. The van der Waals surface area contributed by atoms with Crippen LogP contribution < -0.4 is 0 Å². The van der Waals surface area contributed by atoms with Crippen molar-refractivity contribution >= 4 is 55.3 Å². The third-order valence-electron chi connectivity index (χ3n) is 9.64. The van der Waals surface area contributed by atoms with Crippen molar-refractivity contribution in [3.63, 3.8) is 0 Å². The molecule has 5 nitrogen and oxygen atoms in total. The average molecular weight is 710 g/mol. The molecule has 0 saturated carbocycles. The molecule has 0 amide bonds. The van der Waals surface area contributed by atoms with Gasteiger partial charge in [-0.15, -0.1) is 0 Å². The van der Waals surface area contributed by atoms with E-state index in [4.69, 9.17) is 0 Å². The first-order chi connectivity index (χ1) is 21.3. The number of halogens is 2. The van der Waals surface area contributed by atoms with Crippen LogP contribution in [-0.4, -0.2) is 59.4 Å². The lowest BCUT2D eigenvalue weighted by Gasteiger charge is -2.50. The second-order valence-electron chi connectivity index (χ2n) is 12.1. The first-order valence-electron chi connectivity index (χ1n) is 14.7. The van der Waals surface area contributed by atoms with Crippen LogP contribution in [0, 0.1) is 5.41 Å². The number of piperidine rings is 1. The fourth-order valence-electron chi connectivity index (χ4n) is 7.82. The van der Waals surface area contributed by atoms with Gasteiger partial charge in [0.05, 0.1) is 5.41 Å². The van der Waals surface area contributed by atoms with E-state index >= 15 is 4.79 Å². The van der Waals surface area contributed by atoms with Crippen molar-refractivity contribution in [2.45, 2.75) is 18.0 Å². The summed E-state index contributed by atoms with van der Waals surface area (Å²) in [7, 11) is 1.84. The van der Waals surface area contributed by atoms with Crippen LogP contribution in [0.1, 0.15) is 43.3 Å². The molecule has 0 bridgehead atoms. The highest BCUT2D eigenvalue weighted by Gasteiger charge is 2.77. The summed E-state index contributed by atoms with van der Waals surface area (Å²) in [5, 5.41) is 0. The van der Waals surface area contributed by atoms with Crippen LogP contribution in [0.25, 0.3) is 6.08 Å². The lowest BCUT2D eigenvalue weighted by Crippen LogP contribution is -2.69. The molecular weight excluding hydrogens is 680 g/mol. The number of benzene rings is 4. The zero-order valence-electron chi connectivity index (χ0n) is 24.2. The van der Waals surface area contributed by atoms with E-state index in [-0.39, 0.29) is 23.9 Å². The van der Waals surface area contributed by atoms with Gasteiger partial charge in [-0.05, 0) is 54.1 Å². The minimum absolute atomic E-state index is 0.128. The summed E-state index contributed by atoms with van der Waals surface area (Å²) in [6, 6.07) is 33.0. The molecule has 4 aromatic carbocycles. The molecule has 3 aliphatic rings. The van der Waals surface area contributed by atoms with Crippen LogP contribution in [-0.2, 0) is 11.3 Å². The molecule has 4 aromatic rings. The zero-order valence-corrected chi connectivity index (χ0v) is 27.3. The third kappa shape index (κ3) is 4.36. The second kappa shape index (κ2) is 11.1. The molecule has 2 spiro atoms. The molecule has 2 fully saturated rings. The lowest BCUT2D eigenvalue weighted by molar-refractivity contribution is -0.132. The Labute approximate surface area is 273 Å². The summed E-state index contributed by atoms with van der Waals surface area (Å²) in [6.45, 7) is 1.65. The minimum atomic E-state index is -1.67. The molecule has 0 aromatic heterocycles. The quantitative estimate of drug-likeness (QED) is 0.166. The molecule has 7 rings (SSSR count). The van der Waals surface area contributed by atoms with Crippen molar-refractivity contribution in [3.05, 3.63) is 145 Å².